The van der Waals surface area contributed by atoms with Crippen molar-refractivity contribution in [3.05, 3.63) is 41.5 Å². The Hall–Kier alpha value is -1.84. The molecule has 4 heteroatoms. The molecular formula is C13H18N4. The third-order valence-corrected chi connectivity index (χ3v) is 3.06. The molecular weight excluding hydrogens is 212 g/mol. The van der Waals surface area contributed by atoms with Crippen molar-refractivity contribution in [2.45, 2.75) is 32.6 Å². The molecule has 0 atom stereocenters. The number of benzene rings is 1. The van der Waals surface area contributed by atoms with Gasteiger partial charge in [0.15, 0.2) is 5.82 Å². The number of nitrogen functional groups attached to an aromatic ring is 1. The predicted molar refractivity (Wildman–Crippen MR) is 68.7 cm³/mol. The average molecular weight is 230 g/mol. The van der Waals surface area contributed by atoms with Crippen LogP contribution < -0.4 is 5.73 Å². The Morgan fingerprint density at radius 3 is 2.41 bits per heavy atom. The van der Waals surface area contributed by atoms with Gasteiger partial charge in [0.25, 0.3) is 0 Å². The van der Waals surface area contributed by atoms with Crippen molar-refractivity contribution in [3.63, 3.8) is 0 Å². The van der Waals surface area contributed by atoms with Gasteiger partial charge < -0.3 is 5.73 Å². The van der Waals surface area contributed by atoms with Crippen LogP contribution in [-0.4, -0.2) is 15.2 Å². The molecule has 3 N–H and O–H groups in total. The van der Waals surface area contributed by atoms with Gasteiger partial charge in [-0.2, -0.15) is 5.10 Å². The van der Waals surface area contributed by atoms with Gasteiger partial charge in [0.05, 0.1) is 5.41 Å². The van der Waals surface area contributed by atoms with Crippen LogP contribution in [0.25, 0.3) is 0 Å². The van der Waals surface area contributed by atoms with Crippen LogP contribution in [0, 0.1) is 0 Å². The topological polar surface area (TPSA) is 67.6 Å². The van der Waals surface area contributed by atoms with E-state index in [-0.39, 0.29) is 5.41 Å². The molecule has 1 heterocycles. The van der Waals surface area contributed by atoms with Crippen molar-refractivity contribution in [2.75, 3.05) is 5.73 Å². The molecule has 90 valence electrons. The Labute approximate surface area is 101 Å². The number of anilines is 1. The minimum atomic E-state index is -0.211. The molecule has 0 saturated carbocycles. The van der Waals surface area contributed by atoms with E-state index in [4.69, 9.17) is 5.73 Å². The molecule has 0 bridgehead atoms. The van der Waals surface area contributed by atoms with Crippen LogP contribution in [-0.2, 0) is 11.8 Å². The highest BCUT2D eigenvalue weighted by atomic mass is 15.2. The van der Waals surface area contributed by atoms with Crippen LogP contribution in [0.5, 0.6) is 0 Å². The summed E-state index contributed by atoms with van der Waals surface area (Å²) in [5, 5.41) is 7.25. The molecule has 0 unspecified atom stereocenters. The summed E-state index contributed by atoms with van der Waals surface area (Å²) < 4.78 is 0. The van der Waals surface area contributed by atoms with Crippen molar-refractivity contribution in [2.24, 2.45) is 0 Å². The minimum absolute atomic E-state index is 0.211. The van der Waals surface area contributed by atoms with E-state index in [1.807, 2.05) is 24.3 Å². The van der Waals surface area contributed by atoms with Gasteiger partial charge in [-0.3, -0.25) is 5.10 Å². The quantitative estimate of drug-likeness (QED) is 0.795. The molecule has 0 aliphatic heterocycles. The van der Waals surface area contributed by atoms with E-state index in [1.165, 1.54) is 0 Å². The summed E-state index contributed by atoms with van der Waals surface area (Å²) in [4.78, 5) is 4.50. The first-order valence-electron chi connectivity index (χ1n) is 5.82. The van der Waals surface area contributed by atoms with Gasteiger partial charge in [0.2, 0.25) is 0 Å². The van der Waals surface area contributed by atoms with Crippen molar-refractivity contribution >= 4 is 5.69 Å². The van der Waals surface area contributed by atoms with Crippen LogP contribution >= 0.6 is 0 Å². The predicted octanol–water partition coefficient (Wildman–Crippen LogP) is 2.28. The highest BCUT2D eigenvalue weighted by Gasteiger charge is 2.27. The zero-order valence-electron chi connectivity index (χ0n) is 10.5. The second kappa shape index (κ2) is 4.20. The zero-order chi connectivity index (χ0) is 12.5. The molecule has 0 aliphatic carbocycles. The molecule has 0 saturated heterocycles. The smallest absolute Gasteiger partial charge is 0.160 e. The summed E-state index contributed by atoms with van der Waals surface area (Å²) in [6.07, 6.45) is 0.866. The summed E-state index contributed by atoms with van der Waals surface area (Å²) >= 11 is 0. The van der Waals surface area contributed by atoms with Gasteiger partial charge in [-0.15, -0.1) is 0 Å². The lowest BCUT2D eigenvalue weighted by Gasteiger charge is -2.21. The van der Waals surface area contributed by atoms with Crippen LogP contribution in [0.4, 0.5) is 5.69 Å². The molecule has 4 nitrogen and oxygen atoms in total. The summed E-state index contributed by atoms with van der Waals surface area (Å²) in [5.41, 5.74) is 7.42. The standard InChI is InChI=1S/C13H18N4/c1-4-11-15-12(17-16-11)13(2,3)9-5-7-10(14)8-6-9/h5-8H,4,14H2,1-3H3,(H,15,16,17). The van der Waals surface area contributed by atoms with E-state index in [1.54, 1.807) is 0 Å². The molecule has 1 aromatic carbocycles. The molecule has 2 rings (SSSR count). The van der Waals surface area contributed by atoms with Gasteiger partial charge in [-0.25, -0.2) is 4.98 Å². The Morgan fingerprint density at radius 1 is 1.24 bits per heavy atom. The number of aromatic amines is 1. The first-order chi connectivity index (χ1) is 8.04. The fourth-order valence-corrected chi connectivity index (χ4v) is 1.76. The van der Waals surface area contributed by atoms with Gasteiger partial charge in [0.1, 0.15) is 5.82 Å². The molecule has 1 aromatic heterocycles. The molecule has 0 fully saturated rings. The number of aryl methyl sites for hydroxylation is 1. The van der Waals surface area contributed by atoms with Gasteiger partial charge in [-0.05, 0) is 31.5 Å². The Morgan fingerprint density at radius 2 is 1.88 bits per heavy atom. The van der Waals surface area contributed by atoms with Crippen LogP contribution in [0.1, 0.15) is 38.0 Å². The van der Waals surface area contributed by atoms with Crippen LogP contribution in [0.15, 0.2) is 24.3 Å². The SMILES string of the molecule is CCc1nc(C(C)(C)c2ccc(N)cc2)n[nH]1. The first-order valence-corrected chi connectivity index (χ1v) is 5.82. The van der Waals surface area contributed by atoms with E-state index >= 15 is 0 Å². The third kappa shape index (κ3) is 2.16. The second-order valence-electron chi connectivity index (χ2n) is 4.71. The van der Waals surface area contributed by atoms with Gasteiger partial charge in [-0.1, -0.05) is 19.1 Å². The second-order valence-corrected chi connectivity index (χ2v) is 4.71. The molecule has 17 heavy (non-hydrogen) atoms. The van der Waals surface area contributed by atoms with Gasteiger partial charge in [0, 0.05) is 12.1 Å². The van der Waals surface area contributed by atoms with E-state index in [0.29, 0.717) is 0 Å². The van der Waals surface area contributed by atoms with Crippen molar-refractivity contribution in [3.8, 4) is 0 Å². The molecule has 0 aliphatic rings. The minimum Gasteiger partial charge on any atom is -0.399 e. The number of H-pyrrole nitrogens is 1. The van der Waals surface area contributed by atoms with Gasteiger partial charge >= 0.3 is 0 Å². The number of hydrogen-bond acceptors (Lipinski definition) is 3. The largest absolute Gasteiger partial charge is 0.399 e. The maximum Gasteiger partial charge on any atom is 0.160 e. The Kier molecular flexibility index (Phi) is 2.88. The lowest BCUT2D eigenvalue weighted by molar-refractivity contribution is 0.593. The lowest BCUT2D eigenvalue weighted by Crippen LogP contribution is -2.20. The van der Waals surface area contributed by atoms with E-state index < -0.39 is 0 Å². The third-order valence-electron chi connectivity index (χ3n) is 3.06. The van der Waals surface area contributed by atoms with Crippen molar-refractivity contribution in [1.82, 2.24) is 15.2 Å². The van der Waals surface area contributed by atoms with Crippen LogP contribution in [0.2, 0.25) is 0 Å². The highest BCUT2D eigenvalue weighted by Crippen LogP contribution is 2.29. The van der Waals surface area contributed by atoms with E-state index in [2.05, 4.69) is 36.0 Å². The van der Waals surface area contributed by atoms with Crippen molar-refractivity contribution < 1.29 is 0 Å². The number of hydrogen-bond donors (Lipinski definition) is 2. The van der Waals surface area contributed by atoms with Crippen molar-refractivity contribution in [1.29, 1.82) is 0 Å². The lowest BCUT2D eigenvalue weighted by atomic mass is 9.84. The Bertz CT molecular complexity index is 496. The van der Waals surface area contributed by atoms with E-state index in [9.17, 15) is 0 Å². The average Bonchev–Trinajstić information content (AvgIpc) is 2.78. The molecule has 0 radical (unpaired) electrons. The summed E-state index contributed by atoms with van der Waals surface area (Å²) in [5.74, 6) is 1.74. The fourth-order valence-electron chi connectivity index (χ4n) is 1.76. The number of rotatable bonds is 3. The monoisotopic (exact) mass is 230 g/mol. The van der Waals surface area contributed by atoms with Crippen LogP contribution in [0.3, 0.4) is 0 Å². The number of nitrogens with one attached hydrogen (secondary N) is 1. The maximum absolute atomic E-state index is 5.70. The molecule has 2 aromatic rings. The summed E-state index contributed by atoms with van der Waals surface area (Å²) in [6, 6.07) is 7.86. The Balaban J connectivity index is 2.37. The fraction of sp³-hybridized carbons (Fsp3) is 0.385. The number of nitrogens with two attached hydrogens (primary N) is 1. The normalized spacial score (nSPS) is 11.7. The maximum atomic E-state index is 5.70. The van der Waals surface area contributed by atoms with E-state index in [0.717, 1.165) is 29.3 Å². The summed E-state index contributed by atoms with van der Waals surface area (Å²) in [7, 11) is 0. The number of aromatic nitrogens is 3. The molecule has 0 amide bonds. The number of nitrogens with zero attached hydrogens (tertiary/aromatic N) is 2. The summed E-state index contributed by atoms with van der Waals surface area (Å²) in [6.45, 7) is 6.28. The molecule has 0 spiro atoms. The highest BCUT2D eigenvalue weighted by molar-refractivity contribution is 5.42. The zero-order valence-corrected chi connectivity index (χ0v) is 10.5. The first kappa shape index (κ1) is 11.6.